The van der Waals surface area contributed by atoms with Crippen molar-refractivity contribution in [1.29, 1.82) is 0 Å². The molecule has 3 rings (SSSR count). The van der Waals surface area contributed by atoms with Crippen LogP contribution in [0.2, 0.25) is 0 Å². The lowest BCUT2D eigenvalue weighted by Crippen LogP contribution is -2.36. The third kappa shape index (κ3) is 2.13. The van der Waals surface area contributed by atoms with Gasteiger partial charge >= 0.3 is 0 Å². The normalized spacial score (nSPS) is 27.6. The van der Waals surface area contributed by atoms with Gasteiger partial charge in [-0.05, 0) is 25.0 Å². The predicted molar refractivity (Wildman–Crippen MR) is 65.0 cm³/mol. The maximum atomic E-state index is 11.3. The van der Waals surface area contributed by atoms with Gasteiger partial charge in [0.25, 0.3) is 0 Å². The van der Waals surface area contributed by atoms with Crippen molar-refractivity contribution in [1.82, 2.24) is 4.90 Å². The van der Waals surface area contributed by atoms with E-state index in [2.05, 4.69) is 11.0 Å². The largest absolute Gasteiger partial charge is 0.375 e. The van der Waals surface area contributed by atoms with E-state index in [0.29, 0.717) is 12.1 Å². The van der Waals surface area contributed by atoms with E-state index < -0.39 is 0 Å². The summed E-state index contributed by atoms with van der Waals surface area (Å²) in [6.45, 7) is 4.46. The monoisotopic (exact) mass is 231 g/mol. The zero-order valence-corrected chi connectivity index (χ0v) is 10.1. The van der Waals surface area contributed by atoms with Crippen LogP contribution in [-0.4, -0.2) is 36.0 Å². The molecule has 2 heterocycles. The highest BCUT2D eigenvalue weighted by atomic mass is 16.5. The first-order chi connectivity index (χ1) is 8.22. The quantitative estimate of drug-likeness (QED) is 0.744. The summed E-state index contributed by atoms with van der Waals surface area (Å²) in [4.78, 5) is 13.8. The SMILES string of the molecule is CC(=O)c1cccc(CN2CC3CC2CO3)c1. The number of ether oxygens (including phenoxy) is 1. The maximum Gasteiger partial charge on any atom is 0.159 e. The first-order valence-corrected chi connectivity index (χ1v) is 6.18. The molecule has 2 saturated heterocycles. The molecule has 3 heteroatoms. The fourth-order valence-corrected chi connectivity index (χ4v) is 2.80. The zero-order valence-electron chi connectivity index (χ0n) is 10.1. The Morgan fingerprint density at radius 1 is 1.53 bits per heavy atom. The zero-order chi connectivity index (χ0) is 11.8. The van der Waals surface area contributed by atoms with E-state index in [1.54, 1.807) is 6.92 Å². The fourth-order valence-electron chi connectivity index (χ4n) is 2.80. The molecule has 2 aliphatic heterocycles. The van der Waals surface area contributed by atoms with Gasteiger partial charge in [-0.15, -0.1) is 0 Å². The van der Waals surface area contributed by atoms with E-state index in [9.17, 15) is 4.79 Å². The van der Waals surface area contributed by atoms with Gasteiger partial charge in [0.1, 0.15) is 0 Å². The van der Waals surface area contributed by atoms with Crippen molar-refractivity contribution in [3.05, 3.63) is 35.4 Å². The number of nitrogens with zero attached hydrogens (tertiary/aromatic N) is 1. The number of fused-ring (bicyclic) bond motifs is 2. The second kappa shape index (κ2) is 4.24. The number of ketones is 1. The lowest BCUT2D eigenvalue weighted by Gasteiger charge is -2.26. The molecule has 1 aromatic rings. The molecule has 2 fully saturated rings. The predicted octanol–water partition coefficient (Wildman–Crippen LogP) is 1.86. The summed E-state index contributed by atoms with van der Waals surface area (Å²) in [5.74, 6) is 0.137. The minimum absolute atomic E-state index is 0.137. The van der Waals surface area contributed by atoms with E-state index in [1.165, 1.54) is 12.0 Å². The highest BCUT2D eigenvalue weighted by Crippen LogP contribution is 2.29. The van der Waals surface area contributed by atoms with Crippen LogP contribution in [0.1, 0.15) is 29.3 Å². The standard InChI is InChI=1S/C14H17NO2/c1-10(16)12-4-2-3-11(5-12)7-15-8-14-6-13(15)9-17-14/h2-5,13-14H,6-9H2,1H3. The first kappa shape index (κ1) is 10.9. The number of carbonyl (C=O) groups excluding carboxylic acids is 1. The number of rotatable bonds is 3. The number of Topliss-reactive ketones (excluding diaryl/α,β-unsaturated/α-hetero) is 1. The molecular weight excluding hydrogens is 214 g/mol. The van der Waals surface area contributed by atoms with Crippen molar-refractivity contribution in [3.63, 3.8) is 0 Å². The van der Waals surface area contributed by atoms with Gasteiger partial charge in [0, 0.05) is 24.7 Å². The van der Waals surface area contributed by atoms with Crippen LogP contribution < -0.4 is 0 Å². The molecule has 0 saturated carbocycles. The molecule has 2 aliphatic rings. The van der Waals surface area contributed by atoms with E-state index in [-0.39, 0.29) is 5.78 Å². The Morgan fingerprint density at radius 2 is 2.41 bits per heavy atom. The molecule has 2 atom stereocenters. The van der Waals surface area contributed by atoms with Gasteiger partial charge in [0.05, 0.1) is 12.7 Å². The highest BCUT2D eigenvalue weighted by Gasteiger charge is 2.38. The molecule has 0 spiro atoms. The van der Waals surface area contributed by atoms with Crippen LogP contribution in [0.3, 0.4) is 0 Å². The molecule has 0 aliphatic carbocycles. The number of morpholine rings is 1. The number of hydrogen-bond acceptors (Lipinski definition) is 3. The Kier molecular flexibility index (Phi) is 2.73. The summed E-state index contributed by atoms with van der Waals surface area (Å²) in [5, 5.41) is 0. The lowest BCUT2D eigenvalue weighted by molar-refractivity contribution is 0.0273. The fraction of sp³-hybridized carbons (Fsp3) is 0.500. The van der Waals surface area contributed by atoms with Gasteiger partial charge in [-0.1, -0.05) is 18.2 Å². The summed E-state index contributed by atoms with van der Waals surface area (Å²) in [6.07, 6.45) is 1.61. The topological polar surface area (TPSA) is 29.5 Å². The van der Waals surface area contributed by atoms with E-state index >= 15 is 0 Å². The van der Waals surface area contributed by atoms with Crippen LogP contribution in [0, 0.1) is 0 Å². The van der Waals surface area contributed by atoms with Crippen molar-refractivity contribution in [3.8, 4) is 0 Å². The lowest BCUT2D eigenvalue weighted by atomic mass is 10.1. The maximum absolute atomic E-state index is 11.3. The first-order valence-electron chi connectivity index (χ1n) is 6.18. The van der Waals surface area contributed by atoms with Crippen LogP contribution in [0.25, 0.3) is 0 Å². The van der Waals surface area contributed by atoms with Crippen LogP contribution in [0.15, 0.2) is 24.3 Å². The van der Waals surface area contributed by atoms with Gasteiger partial charge < -0.3 is 4.74 Å². The summed E-state index contributed by atoms with van der Waals surface area (Å²) in [5.41, 5.74) is 2.04. The van der Waals surface area contributed by atoms with E-state index in [1.807, 2.05) is 18.2 Å². The van der Waals surface area contributed by atoms with Gasteiger partial charge in [-0.2, -0.15) is 0 Å². The second-order valence-electron chi connectivity index (χ2n) is 5.03. The molecule has 2 bridgehead atoms. The Hall–Kier alpha value is -1.19. The summed E-state index contributed by atoms with van der Waals surface area (Å²) >= 11 is 0. The van der Waals surface area contributed by atoms with Crippen molar-refractivity contribution >= 4 is 5.78 Å². The third-order valence-corrected chi connectivity index (χ3v) is 3.73. The number of hydrogen-bond donors (Lipinski definition) is 0. The summed E-state index contributed by atoms with van der Waals surface area (Å²) < 4.78 is 5.59. The third-order valence-electron chi connectivity index (χ3n) is 3.73. The smallest absolute Gasteiger partial charge is 0.159 e. The molecule has 90 valence electrons. The molecule has 1 aromatic carbocycles. The van der Waals surface area contributed by atoms with Crippen LogP contribution in [0.5, 0.6) is 0 Å². The average Bonchev–Trinajstić information content (AvgIpc) is 2.91. The highest BCUT2D eigenvalue weighted by molar-refractivity contribution is 5.94. The molecule has 0 amide bonds. The van der Waals surface area contributed by atoms with Crippen LogP contribution >= 0.6 is 0 Å². The molecule has 0 N–H and O–H groups in total. The molecular formula is C14H17NO2. The van der Waals surface area contributed by atoms with Gasteiger partial charge in [0.15, 0.2) is 5.78 Å². The average molecular weight is 231 g/mol. The van der Waals surface area contributed by atoms with Gasteiger partial charge in [-0.25, -0.2) is 0 Å². The Morgan fingerprint density at radius 3 is 3.06 bits per heavy atom. The Labute approximate surface area is 101 Å². The number of carbonyl (C=O) groups is 1. The van der Waals surface area contributed by atoms with Crippen LogP contribution in [0.4, 0.5) is 0 Å². The minimum Gasteiger partial charge on any atom is -0.375 e. The van der Waals surface area contributed by atoms with Crippen molar-refractivity contribution in [2.75, 3.05) is 13.2 Å². The molecule has 0 aromatic heterocycles. The van der Waals surface area contributed by atoms with Gasteiger partial charge in [-0.3, -0.25) is 9.69 Å². The second-order valence-corrected chi connectivity index (χ2v) is 5.03. The summed E-state index contributed by atoms with van der Waals surface area (Å²) in [7, 11) is 0. The van der Waals surface area contributed by atoms with E-state index in [4.69, 9.17) is 4.74 Å². The summed E-state index contributed by atoms with van der Waals surface area (Å²) in [6, 6.07) is 8.54. The minimum atomic E-state index is 0.137. The molecule has 0 radical (unpaired) electrons. The van der Waals surface area contributed by atoms with Crippen LogP contribution in [-0.2, 0) is 11.3 Å². The molecule has 3 nitrogen and oxygen atoms in total. The Balaban J connectivity index is 1.73. The van der Waals surface area contributed by atoms with E-state index in [0.717, 1.165) is 25.3 Å². The van der Waals surface area contributed by atoms with Crippen molar-refractivity contribution in [2.24, 2.45) is 0 Å². The molecule has 2 unspecified atom stereocenters. The van der Waals surface area contributed by atoms with Crippen molar-refractivity contribution < 1.29 is 9.53 Å². The molecule has 17 heavy (non-hydrogen) atoms. The number of likely N-dealkylation sites (tertiary alicyclic amines) is 1. The Bertz CT molecular complexity index is 444. The number of benzene rings is 1. The van der Waals surface area contributed by atoms with Crippen molar-refractivity contribution in [2.45, 2.75) is 32.0 Å². The van der Waals surface area contributed by atoms with Gasteiger partial charge in [0.2, 0.25) is 0 Å².